The average Bonchev–Trinajstić information content (AvgIpc) is 3.07. The number of nitrogens with zero attached hydrogens (tertiary/aromatic N) is 1. The van der Waals surface area contributed by atoms with Gasteiger partial charge < -0.3 is 24.0 Å². The lowest BCUT2D eigenvalue weighted by molar-refractivity contribution is -0.132. The van der Waals surface area contributed by atoms with Gasteiger partial charge in [-0.2, -0.15) is 0 Å². The molecule has 0 saturated carbocycles. The van der Waals surface area contributed by atoms with Gasteiger partial charge in [-0.15, -0.1) is 0 Å². The molecular weight excluding hydrogens is 483 g/mol. The highest BCUT2D eigenvalue weighted by Gasteiger charge is 2.51. The highest BCUT2D eigenvalue weighted by Crippen LogP contribution is 2.37. The number of carboxylic acid groups (broad SMARTS) is 1. The summed E-state index contributed by atoms with van der Waals surface area (Å²) < 4.78 is 18.5. The van der Waals surface area contributed by atoms with Crippen LogP contribution < -0.4 is 20.5 Å². The second kappa shape index (κ2) is 10.5. The molecule has 3 aliphatic rings. The van der Waals surface area contributed by atoms with Crippen LogP contribution in [-0.4, -0.2) is 48.3 Å². The number of nitrogens with one attached hydrogen (secondary N) is 1. The Kier molecular flexibility index (Phi) is 7.63. The van der Waals surface area contributed by atoms with Crippen LogP contribution in [0.1, 0.15) is 59.6 Å². The van der Waals surface area contributed by atoms with Crippen molar-refractivity contribution in [2.24, 2.45) is 10.4 Å². The van der Waals surface area contributed by atoms with Gasteiger partial charge in [0.1, 0.15) is 11.9 Å². The molecule has 2 N–H and O–H groups in total. The molecule has 8 nitrogen and oxygen atoms in total. The summed E-state index contributed by atoms with van der Waals surface area (Å²) in [5, 5.41) is 8.82. The number of aliphatic imine (C=N–C) groups is 1. The minimum atomic E-state index is -0.933. The molecule has 1 fully saturated rings. The molecule has 5 rings (SSSR count). The predicted molar refractivity (Wildman–Crippen MR) is 148 cm³/mol. The maximum absolute atomic E-state index is 10.8. The molecule has 2 aromatic rings. The summed E-state index contributed by atoms with van der Waals surface area (Å²) in [7, 11) is -0.365. The molecule has 38 heavy (non-hydrogen) atoms. The first-order valence-electron chi connectivity index (χ1n) is 12.9. The molecule has 0 aromatic heterocycles. The molecule has 0 bridgehead atoms. The van der Waals surface area contributed by atoms with Crippen molar-refractivity contribution in [1.29, 1.82) is 0 Å². The second-order valence-electron chi connectivity index (χ2n) is 11.8. The van der Waals surface area contributed by atoms with E-state index in [0.717, 1.165) is 22.3 Å². The number of carbonyl (C=O) groups is 1. The number of benzene rings is 2. The van der Waals surface area contributed by atoms with Gasteiger partial charge in [0, 0.05) is 35.4 Å². The lowest BCUT2D eigenvalue weighted by atomic mass is 9.78. The topological polar surface area (TPSA) is 98.6 Å². The fraction of sp³-hybridized carbons (Fsp3) is 0.448. The van der Waals surface area contributed by atoms with E-state index in [2.05, 4.69) is 65.0 Å². The highest BCUT2D eigenvalue weighted by molar-refractivity contribution is 6.62. The van der Waals surface area contributed by atoms with Gasteiger partial charge in [-0.25, -0.2) is 10.3 Å². The molecular formula is C29H37BN2O6. The van der Waals surface area contributed by atoms with Crippen LogP contribution >= 0.6 is 0 Å². The zero-order valence-corrected chi connectivity index (χ0v) is 23.2. The molecule has 1 saturated heterocycles. The molecule has 2 aromatic carbocycles. The normalized spacial score (nSPS) is 21.1. The van der Waals surface area contributed by atoms with E-state index in [1.54, 1.807) is 6.07 Å². The zero-order chi connectivity index (χ0) is 27.7. The fourth-order valence-electron chi connectivity index (χ4n) is 4.10. The van der Waals surface area contributed by atoms with Gasteiger partial charge in [-0.1, -0.05) is 45.0 Å². The van der Waals surface area contributed by atoms with Gasteiger partial charge in [-0.3, -0.25) is 4.99 Å². The van der Waals surface area contributed by atoms with Gasteiger partial charge in [0.15, 0.2) is 5.75 Å². The van der Waals surface area contributed by atoms with Gasteiger partial charge in [0.2, 0.25) is 0 Å². The zero-order valence-electron chi connectivity index (χ0n) is 23.2. The van der Waals surface area contributed by atoms with Crippen LogP contribution in [0.2, 0.25) is 0 Å². The molecule has 1 unspecified atom stereocenters. The van der Waals surface area contributed by atoms with Crippen molar-refractivity contribution in [2.75, 3.05) is 6.54 Å². The quantitative estimate of drug-likeness (QED) is 0.570. The van der Waals surface area contributed by atoms with Gasteiger partial charge in [0.05, 0.1) is 23.3 Å². The summed E-state index contributed by atoms with van der Waals surface area (Å²) in [6.45, 7) is 15.5. The lowest BCUT2D eigenvalue weighted by Gasteiger charge is -2.32. The molecule has 3 heterocycles. The van der Waals surface area contributed by atoms with Crippen molar-refractivity contribution < 1.29 is 28.8 Å². The molecule has 0 amide bonds. The Balaban J connectivity index is 0.000000204. The summed E-state index contributed by atoms with van der Waals surface area (Å²) in [6.07, 6.45) is 3.70. The number of carboxylic acids is 1. The number of hydroxylamine groups is 1. The van der Waals surface area contributed by atoms with Crippen LogP contribution in [0, 0.1) is 5.41 Å². The Bertz CT molecular complexity index is 1230. The summed E-state index contributed by atoms with van der Waals surface area (Å²) in [4.78, 5) is 20.4. The molecule has 9 heteroatoms. The van der Waals surface area contributed by atoms with Crippen molar-refractivity contribution in [2.45, 2.75) is 72.2 Å². The number of ether oxygens (including phenoxy) is 1. The molecule has 202 valence electrons. The minimum Gasteiger partial charge on any atom is -0.487 e. The smallest absolute Gasteiger partial charge is 0.487 e. The van der Waals surface area contributed by atoms with E-state index < -0.39 is 5.97 Å². The van der Waals surface area contributed by atoms with E-state index in [9.17, 15) is 4.79 Å². The highest BCUT2D eigenvalue weighted by atomic mass is 16.7. The van der Waals surface area contributed by atoms with E-state index in [1.165, 1.54) is 6.20 Å². The van der Waals surface area contributed by atoms with Crippen molar-refractivity contribution in [3.8, 4) is 11.5 Å². The third kappa shape index (κ3) is 6.05. The van der Waals surface area contributed by atoms with Crippen LogP contribution in [-0.2, 0) is 20.5 Å². The number of aliphatic carboxylic acids is 1. The molecule has 0 aliphatic carbocycles. The molecule has 1 atom stereocenters. The van der Waals surface area contributed by atoms with Crippen LogP contribution in [0.5, 0.6) is 11.5 Å². The van der Waals surface area contributed by atoms with Crippen molar-refractivity contribution in [3.05, 3.63) is 65.4 Å². The largest absolute Gasteiger partial charge is 0.494 e. The van der Waals surface area contributed by atoms with E-state index in [0.29, 0.717) is 18.7 Å². The Morgan fingerprint density at radius 1 is 1.05 bits per heavy atom. The van der Waals surface area contributed by atoms with Crippen LogP contribution in [0.25, 0.3) is 0 Å². The number of para-hydroxylation sites is 1. The third-order valence-electron chi connectivity index (χ3n) is 7.33. The Labute approximate surface area is 225 Å². The summed E-state index contributed by atoms with van der Waals surface area (Å²) in [5.74, 6) is 0.606. The second-order valence-corrected chi connectivity index (χ2v) is 11.8. The SMILES string of the molecule is CC(C)(C)C1CN=Cc2cc(B3OC(C)(C)C(C)(C)O3)ccc2O1.O=C(O)C1=CNOc2ccccc2C1. The van der Waals surface area contributed by atoms with E-state index >= 15 is 0 Å². The maximum atomic E-state index is 10.8. The number of rotatable bonds is 2. The minimum absolute atomic E-state index is 0.0450. The maximum Gasteiger partial charge on any atom is 0.494 e. The standard InChI is InChI=1S/C19H28BNO3.C10H9NO3/c1-17(2,3)16-12-21-11-13-10-14(8-9-15(13)22-16)20-23-18(4,5)19(6,7)24-20;12-10(13)8-5-7-3-1-2-4-9(7)14-11-6-8/h8-11,16H,12H2,1-7H3;1-4,6,11H,5H2,(H,12,13). The average molecular weight is 520 g/mol. The third-order valence-corrected chi connectivity index (χ3v) is 7.33. The van der Waals surface area contributed by atoms with Gasteiger partial charge in [-0.05, 0) is 51.4 Å². The molecule has 3 aliphatic heterocycles. The molecule has 0 spiro atoms. The lowest BCUT2D eigenvalue weighted by Crippen LogP contribution is -2.41. The van der Waals surface area contributed by atoms with Gasteiger partial charge >= 0.3 is 13.1 Å². The van der Waals surface area contributed by atoms with Crippen molar-refractivity contribution in [1.82, 2.24) is 5.48 Å². The monoisotopic (exact) mass is 520 g/mol. The first-order chi connectivity index (χ1) is 17.8. The summed E-state index contributed by atoms with van der Waals surface area (Å²) >= 11 is 0. The Hall–Kier alpha value is -3.30. The Morgan fingerprint density at radius 2 is 1.74 bits per heavy atom. The summed E-state index contributed by atoms with van der Waals surface area (Å²) in [5.41, 5.74) is 4.99. The van der Waals surface area contributed by atoms with E-state index in [-0.39, 0.29) is 35.4 Å². The van der Waals surface area contributed by atoms with Gasteiger partial charge in [0.25, 0.3) is 0 Å². The van der Waals surface area contributed by atoms with Crippen LogP contribution in [0.4, 0.5) is 0 Å². The van der Waals surface area contributed by atoms with Crippen LogP contribution in [0.3, 0.4) is 0 Å². The first-order valence-corrected chi connectivity index (χ1v) is 12.9. The van der Waals surface area contributed by atoms with E-state index in [1.807, 2.05) is 36.5 Å². The fourth-order valence-corrected chi connectivity index (χ4v) is 4.10. The van der Waals surface area contributed by atoms with Crippen LogP contribution in [0.15, 0.2) is 59.2 Å². The van der Waals surface area contributed by atoms with Crippen molar-refractivity contribution in [3.63, 3.8) is 0 Å². The Morgan fingerprint density at radius 3 is 2.39 bits per heavy atom. The predicted octanol–water partition coefficient (Wildman–Crippen LogP) is 4.31. The first kappa shape index (κ1) is 27.7. The number of hydrogen-bond donors (Lipinski definition) is 2. The molecule has 0 radical (unpaired) electrons. The van der Waals surface area contributed by atoms with E-state index in [4.69, 9.17) is 24.0 Å². The van der Waals surface area contributed by atoms with Crippen molar-refractivity contribution >= 4 is 24.8 Å². The number of hydrogen-bond acceptors (Lipinski definition) is 7. The summed E-state index contributed by atoms with van der Waals surface area (Å²) in [6, 6.07) is 13.4. The number of fused-ring (bicyclic) bond motifs is 2.